The first-order valence-electron chi connectivity index (χ1n) is 5.75. The largest absolute Gasteiger partial charge is 0.387 e. The molecule has 5 heteroatoms. The maximum Gasteiger partial charge on any atom is 0.150 e. The molecule has 1 atom stereocenters. The summed E-state index contributed by atoms with van der Waals surface area (Å²) in [5.41, 5.74) is 1.64. The zero-order valence-electron chi connectivity index (χ0n) is 10.3. The molecular weight excluding hydrogens is 238 g/mol. The minimum atomic E-state index is -2.94. The van der Waals surface area contributed by atoms with Crippen molar-refractivity contribution in [3.05, 3.63) is 29.6 Å². The number of aliphatic hydroxyl groups excluding tert-OH is 1. The Balaban J connectivity index is 2.45. The first kappa shape index (κ1) is 14.1. The van der Waals surface area contributed by atoms with Crippen molar-refractivity contribution in [1.29, 1.82) is 0 Å². The molecule has 96 valence electrons. The number of aromatic nitrogens is 1. The van der Waals surface area contributed by atoms with Crippen LogP contribution >= 0.6 is 0 Å². The van der Waals surface area contributed by atoms with E-state index in [1.165, 1.54) is 0 Å². The Morgan fingerprint density at radius 1 is 1.41 bits per heavy atom. The maximum atomic E-state index is 11.3. The zero-order valence-corrected chi connectivity index (χ0v) is 11.1. The maximum absolute atomic E-state index is 11.3. The molecule has 0 aliphatic heterocycles. The van der Waals surface area contributed by atoms with E-state index in [2.05, 4.69) is 4.98 Å². The lowest BCUT2D eigenvalue weighted by Crippen LogP contribution is -2.10. The third-order valence-corrected chi connectivity index (χ3v) is 4.44. The van der Waals surface area contributed by atoms with Crippen molar-refractivity contribution >= 4 is 9.84 Å². The monoisotopic (exact) mass is 257 g/mol. The van der Waals surface area contributed by atoms with Gasteiger partial charge in [0.15, 0.2) is 0 Å². The molecule has 0 aromatic carbocycles. The Bertz CT molecular complexity index is 439. The second-order valence-electron chi connectivity index (χ2n) is 4.15. The molecule has 0 bridgehead atoms. The highest BCUT2D eigenvalue weighted by molar-refractivity contribution is 7.91. The van der Waals surface area contributed by atoms with Crippen LogP contribution in [-0.4, -0.2) is 30.0 Å². The molecule has 17 heavy (non-hydrogen) atoms. The minimum Gasteiger partial charge on any atom is -0.387 e. The second-order valence-corrected chi connectivity index (χ2v) is 6.63. The lowest BCUT2D eigenvalue weighted by atomic mass is 10.1. The average Bonchev–Trinajstić information content (AvgIpc) is 2.29. The van der Waals surface area contributed by atoms with Crippen LogP contribution in [0.2, 0.25) is 0 Å². The molecule has 4 nitrogen and oxygen atoms in total. The van der Waals surface area contributed by atoms with Gasteiger partial charge in [0.1, 0.15) is 9.84 Å². The van der Waals surface area contributed by atoms with Crippen LogP contribution < -0.4 is 0 Å². The van der Waals surface area contributed by atoms with Crippen molar-refractivity contribution in [2.75, 3.05) is 11.5 Å². The van der Waals surface area contributed by atoms with E-state index in [0.29, 0.717) is 18.5 Å². The summed E-state index contributed by atoms with van der Waals surface area (Å²) in [6.45, 7) is 3.56. The molecule has 0 amide bonds. The van der Waals surface area contributed by atoms with Crippen LogP contribution in [-0.2, 0) is 9.84 Å². The molecule has 1 rings (SSSR count). The first-order chi connectivity index (χ1) is 7.94. The molecule has 0 saturated heterocycles. The highest BCUT2D eigenvalue weighted by Gasteiger charge is 2.12. The standard InChI is InChI=1S/C12H19NO3S/c1-3-17(15,16)8-4-5-12(14)11-7-6-10(2)9-13-11/h6-7,9,12,14H,3-5,8H2,1-2H3. The van der Waals surface area contributed by atoms with E-state index in [1.54, 1.807) is 19.2 Å². The fraction of sp³-hybridized carbons (Fsp3) is 0.583. The minimum absolute atomic E-state index is 0.131. The molecule has 1 aromatic rings. The topological polar surface area (TPSA) is 67.3 Å². The summed E-state index contributed by atoms with van der Waals surface area (Å²) >= 11 is 0. The van der Waals surface area contributed by atoms with Gasteiger partial charge in [-0.15, -0.1) is 0 Å². The van der Waals surface area contributed by atoms with Crippen LogP contribution in [0, 0.1) is 6.92 Å². The number of aliphatic hydroxyl groups is 1. The molecule has 1 unspecified atom stereocenters. The number of nitrogens with zero attached hydrogens (tertiary/aromatic N) is 1. The highest BCUT2D eigenvalue weighted by Crippen LogP contribution is 2.16. The Morgan fingerprint density at radius 2 is 2.12 bits per heavy atom. The fourth-order valence-electron chi connectivity index (χ4n) is 1.47. The van der Waals surface area contributed by atoms with Crippen LogP contribution in [0.3, 0.4) is 0 Å². The summed E-state index contributed by atoms with van der Waals surface area (Å²) in [5, 5.41) is 9.82. The van der Waals surface area contributed by atoms with E-state index in [0.717, 1.165) is 5.56 Å². The molecule has 0 aliphatic rings. The third-order valence-electron chi connectivity index (χ3n) is 2.65. The van der Waals surface area contributed by atoms with E-state index >= 15 is 0 Å². The van der Waals surface area contributed by atoms with Gasteiger partial charge in [-0.2, -0.15) is 0 Å². The predicted molar refractivity (Wildman–Crippen MR) is 67.5 cm³/mol. The molecular formula is C12H19NO3S. The Morgan fingerprint density at radius 3 is 2.65 bits per heavy atom. The number of aryl methyl sites for hydroxylation is 1. The molecule has 0 radical (unpaired) electrons. The molecule has 0 fully saturated rings. The molecule has 1 aromatic heterocycles. The lowest BCUT2D eigenvalue weighted by Gasteiger charge is -2.09. The van der Waals surface area contributed by atoms with Gasteiger partial charge >= 0.3 is 0 Å². The molecule has 0 saturated carbocycles. The third kappa shape index (κ3) is 4.83. The molecule has 1 N–H and O–H groups in total. The number of rotatable bonds is 6. The van der Waals surface area contributed by atoms with E-state index < -0.39 is 15.9 Å². The average molecular weight is 257 g/mol. The van der Waals surface area contributed by atoms with E-state index in [1.807, 2.05) is 13.0 Å². The summed E-state index contributed by atoms with van der Waals surface area (Å²) < 4.78 is 22.5. The van der Waals surface area contributed by atoms with Gasteiger partial charge in [-0.3, -0.25) is 4.98 Å². The fourth-order valence-corrected chi connectivity index (χ4v) is 2.36. The van der Waals surface area contributed by atoms with Gasteiger partial charge in [0, 0.05) is 11.9 Å². The zero-order chi connectivity index (χ0) is 12.9. The van der Waals surface area contributed by atoms with Gasteiger partial charge in [0.05, 0.1) is 17.6 Å². The summed E-state index contributed by atoms with van der Waals surface area (Å²) in [6, 6.07) is 3.66. The second kappa shape index (κ2) is 6.12. The number of pyridine rings is 1. The van der Waals surface area contributed by atoms with Crippen molar-refractivity contribution in [3.63, 3.8) is 0 Å². The van der Waals surface area contributed by atoms with Crippen molar-refractivity contribution in [2.24, 2.45) is 0 Å². The van der Waals surface area contributed by atoms with Gasteiger partial charge in [-0.1, -0.05) is 13.0 Å². The SMILES string of the molecule is CCS(=O)(=O)CCCC(O)c1ccc(C)cn1. The summed E-state index contributed by atoms with van der Waals surface area (Å²) in [5.74, 6) is 0.290. The van der Waals surface area contributed by atoms with Crippen LogP contribution in [0.1, 0.15) is 37.1 Å². The van der Waals surface area contributed by atoms with E-state index in [4.69, 9.17) is 0 Å². The van der Waals surface area contributed by atoms with Crippen LogP contribution in [0.25, 0.3) is 0 Å². The number of hydrogen-bond donors (Lipinski definition) is 1. The predicted octanol–water partition coefficient (Wildman–Crippen LogP) is 1.64. The molecule has 0 aliphatic carbocycles. The van der Waals surface area contributed by atoms with Crippen molar-refractivity contribution in [1.82, 2.24) is 4.98 Å². The van der Waals surface area contributed by atoms with E-state index in [-0.39, 0.29) is 11.5 Å². The van der Waals surface area contributed by atoms with Gasteiger partial charge < -0.3 is 5.11 Å². The Kier molecular flexibility index (Phi) is 5.08. The van der Waals surface area contributed by atoms with Crippen LogP contribution in [0.15, 0.2) is 18.3 Å². The Hall–Kier alpha value is -0.940. The van der Waals surface area contributed by atoms with Gasteiger partial charge in [0.25, 0.3) is 0 Å². The Labute approximate surface area is 103 Å². The van der Waals surface area contributed by atoms with Gasteiger partial charge in [-0.25, -0.2) is 8.42 Å². The van der Waals surface area contributed by atoms with E-state index in [9.17, 15) is 13.5 Å². The van der Waals surface area contributed by atoms with Crippen LogP contribution in [0.5, 0.6) is 0 Å². The smallest absolute Gasteiger partial charge is 0.150 e. The normalized spacial score (nSPS) is 13.6. The summed E-state index contributed by atoms with van der Waals surface area (Å²) in [6.07, 6.45) is 1.91. The first-order valence-corrected chi connectivity index (χ1v) is 7.58. The van der Waals surface area contributed by atoms with Crippen molar-refractivity contribution in [3.8, 4) is 0 Å². The lowest BCUT2D eigenvalue weighted by molar-refractivity contribution is 0.162. The summed E-state index contributed by atoms with van der Waals surface area (Å²) in [4.78, 5) is 4.11. The summed E-state index contributed by atoms with van der Waals surface area (Å²) in [7, 11) is -2.94. The highest BCUT2D eigenvalue weighted by atomic mass is 32.2. The number of hydrogen-bond acceptors (Lipinski definition) is 4. The quantitative estimate of drug-likeness (QED) is 0.841. The van der Waals surface area contributed by atoms with Crippen LogP contribution in [0.4, 0.5) is 0 Å². The van der Waals surface area contributed by atoms with Crippen molar-refractivity contribution < 1.29 is 13.5 Å². The molecule has 1 heterocycles. The molecule has 0 spiro atoms. The van der Waals surface area contributed by atoms with Gasteiger partial charge in [0.2, 0.25) is 0 Å². The van der Waals surface area contributed by atoms with Gasteiger partial charge in [-0.05, 0) is 31.4 Å². The van der Waals surface area contributed by atoms with Crippen molar-refractivity contribution in [2.45, 2.75) is 32.8 Å². The number of sulfone groups is 1.